The van der Waals surface area contributed by atoms with Gasteiger partial charge in [0.1, 0.15) is 0 Å². The minimum absolute atomic E-state index is 0.123. The third-order valence-corrected chi connectivity index (χ3v) is 2.81. The zero-order chi connectivity index (χ0) is 12.0. The zero-order valence-electron chi connectivity index (χ0n) is 10.4. The summed E-state index contributed by atoms with van der Waals surface area (Å²) in [7, 11) is 0. The lowest BCUT2D eigenvalue weighted by molar-refractivity contribution is -0.142. The van der Waals surface area contributed by atoms with Crippen molar-refractivity contribution in [3.05, 3.63) is 34.9 Å². The van der Waals surface area contributed by atoms with Gasteiger partial charge in [0.2, 0.25) is 0 Å². The van der Waals surface area contributed by atoms with Gasteiger partial charge in [0.05, 0.1) is 13.0 Å². The maximum atomic E-state index is 11.5. The molecule has 0 atom stereocenters. The van der Waals surface area contributed by atoms with Gasteiger partial charge in [0.15, 0.2) is 0 Å². The van der Waals surface area contributed by atoms with Gasteiger partial charge in [0, 0.05) is 0 Å². The third kappa shape index (κ3) is 3.69. The van der Waals surface area contributed by atoms with E-state index in [4.69, 9.17) is 4.74 Å². The number of benzene rings is 1. The molecule has 0 saturated carbocycles. The number of hydrogen-bond donors (Lipinski definition) is 0. The Labute approximate surface area is 97.6 Å². The Bertz CT molecular complexity index is 356. The first-order valence-corrected chi connectivity index (χ1v) is 5.86. The smallest absolute Gasteiger partial charge is 0.310 e. The van der Waals surface area contributed by atoms with Crippen LogP contribution in [0.3, 0.4) is 0 Å². The van der Waals surface area contributed by atoms with E-state index in [1.54, 1.807) is 0 Å². The second-order valence-corrected chi connectivity index (χ2v) is 4.11. The standard InChI is InChI=1S/C14H20O2/c1-4-5-9-16-14(15)10-13-8-6-7-11(2)12(13)3/h6-8H,4-5,9-10H2,1-3H3. The molecule has 1 aromatic rings. The topological polar surface area (TPSA) is 26.3 Å². The van der Waals surface area contributed by atoms with Crippen LogP contribution in [0.15, 0.2) is 18.2 Å². The molecule has 0 spiro atoms. The van der Waals surface area contributed by atoms with Crippen LogP contribution in [0, 0.1) is 13.8 Å². The second-order valence-electron chi connectivity index (χ2n) is 4.11. The summed E-state index contributed by atoms with van der Waals surface area (Å²) in [6.07, 6.45) is 2.38. The van der Waals surface area contributed by atoms with Crippen molar-refractivity contribution in [2.75, 3.05) is 6.61 Å². The lowest BCUT2D eigenvalue weighted by atomic mass is 10.0. The first kappa shape index (κ1) is 12.8. The number of carbonyl (C=O) groups is 1. The number of esters is 1. The average Bonchev–Trinajstić information content (AvgIpc) is 2.25. The summed E-state index contributed by atoms with van der Waals surface area (Å²) in [4.78, 5) is 11.5. The number of aryl methyl sites for hydroxylation is 1. The van der Waals surface area contributed by atoms with Crippen molar-refractivity contribution < 1.29 is 9.53 Å². The maximum Gasteiger partial charge on any atom is 0.310 e. The van der Waals surface area contributed by atoms with Crippen LogP contribution >= 0.6 is 0 Å². The largest absolute Gasteiger partial charge is 0.465 e. The number of carbonyl (C=O) groups excluding carboxylic acids is 1. The van der Waals surface area contributed by atoms with Gasteiger partial charge >= 0.3 is 5.97 Å². The van der Waals surface area contributed by atoms with Crippen molar-refractivity contribution in [2.45, 2.75) is 40.0 Å². The van der Waals surface area contributed by atoms with E-state index in [1.807, 2.05) is 19.1 Å². The fraction of sp³-hybridized carbons (Fsp3) is 0.500. The lowest BCUT2D eigenvalue weighted by Gasteiger charge is -2.08. The van der Waals surface area contributed by atoms with Gasteiger partial charge < -0.3 is 4.74 Å². The van der Waals surface area contributed by atoms with Gasteiger partial charge in [-0.3, -0.25) is 4.79 Å². The Morgan fingerprint density at radius 3 is 2.75 bits per heavy atom. The predicted octanol–water partition coefficient (Wildman–Crippen LogP) is 3.19. The van der Waals surface area contributed by atoms with Crippen LogP contribution in [-0.4, -0.2) is 12.6 Å². The van der Waals surface area contributed by atoms with E-state index in [2.05, 4.69) is 19.9 Å². The van der Waals surface area contributed by atoms with Gasteiger partial charge in [-0.2, -0.15) is 0 Å². The van der Waals surface area contributed by atoms with Crippen LogP contribution in [0.25, 0.3) is 0 Å². The minimum atomic E-state index is -0.123. The summed E-state index contributed by atoms with van der Waals surface area (Å²) in [5.74, 6) is -0.123. The Kier molecular flexibility index (Phi) is 5.03. The molecule has 1 rings (SSSR count). The fourth-order valence-electron chi connectivity index (χ4n) is 1.54. The molecular weight excluding hydrogens is 200 g/mol. The van der Waals surface area contributed by atoms with Gasteiger partial charge in [-0.15, -0.1) is 0 Å². The van der Waals surface area contributed by atoms with Crippen LogP contribution in [0.4, 0.5) is 0 Å². The molecule has 2 nitrogen and oxygen atoms in total. The predicted molar refractivity (Wildman–Crippen MR) is 65.5 cm³/mol. The molecule has 0 aliphatic carbocycles. The maximum absolute atomic E-state index is 11.5. The second kappa shape index (κ2) is 6.31. The summed E-state index contributed by atoms with van der Waals surface area (Å²) in [5, 5.41) is 0. The summed E-state index contributed by atoms with van der Waals surface area (Å²) in [6.45, 7) is 6.73. The van der Waals surface area contributed by atoms with Crippen molar-refractivity contribution in [3.8, 4) is 0 Å². The highest BCUT2D eigenvalue weighted by molar-refractivity contribution is 5.73. The molecule has 16 heavy (non-hydrogen) atoms. The molecule has 0 heterocycles. The van der Waals surface area contributed by atoms with Crippen molar-refractivity contribution in [3.63, 3.8) is 0 Å². The molecule has 0 N–H and O–H groups in total. The molecule has 2 heteroatoms. The van der Waals surface area contributed by atoms with E-state index in [0.29, 0.717) is 13.0 Å². The van der Waals surface area contributed by atoms with E-state index in [9.17, 15) is 4.79 Å². The van der Waals surface area contributed by atoms with E-state index < -0.39 is 0 Å². The molecule has 0 aromatic heterocycles. The van der Waals surface area contributed by atoms with Crippen LogP contribution in [0.1, 0.15) is 36.5 Å². The Hall–Kier alpha value is -1.31. The van der Waals surface area contributed by atoms with Crippen molar-refractivity contribution in [1.29, 1.82) is 0 Å². The Morgan fingerprint density at radius 2 is 2.06 bits per heavy atom. The lowest BCUT2D eigenvalue weighted by Crippen LogP contribution is -2.10. The minimum Gasteiger partial charge on any atom is -0.465 e. The molecule has 0 radical (unpaired) electrons. The van der Waals surface area contributed by atoms with Gasteiger partial charge in [0.25, 0.3) is 0 Å². The van der Waals surface area contributed by atoms with Crippen LogP contribution in [0.2, 0.25) is 0 Å². The van der Waals surface area contributed by atoms with E-state index in [1.165, 1.54) is 11.1 Å². The molecule has 0 aliphatic rings. The van der Waals surface area contributed by atoms with Gasteiger partial charge in [-0.25, -0.2) is 0 Å². The number of hydrogen-bond acceptors (Lipinski definition) is 2. The molecule has 0 saturated heterocycles. The number of ether oxygens (including phenoxy) is 1. The van der Waals surface area contributed by atoms with E-state index >= 15 is 0 Å². The molecule has 0 aliphatic heterocycles. The normalized spacial score (nSPS) is 10.2. The molecular formula is C14H20O2. The van der Waals surface area contributed by atoms with Gasteiger partial charge in [-0.05, 0) is 37.0 Å². The monoisotopic (exact) mass is 220 g/mol. The Balaban J connectivity index is 2.53. The first-order chi connectivity index (χ1) is 7.65. The first-order valence-electron chi connectivity index (χ1n) is 5.86. The molecule has 0 unspecified atom stereocenters. The highest BCUT2D eigenvalue weighted by Crippen LogP contribution is 2.13. The highest BCUT2D eigenvalue weighted by atomic mass is 16.5. The van der Waals surface area contributed by atoms with Crippen LogP contribution in [-0.2, 0) is 16.0 Å². The van der Waals surface area contributed by atoms with Gasteiger partial charge in [-0.1, -0.05) is 31.5 Å². The highest BCUT2D eigenvalue weighted by Gasteiger charge is 2.07. The molecule has 0 bridgehead atoms. The Morgan fingerprint density at radius 1 is 1.31 bits per heavy atom. The zero-order valence-corrected chi connectivity index (χ0v) is 10.4. The number of unbranched alkanes of at least 4 members (excludes halogenated alkanes) is 1. The van der Waals surface area contributed by atoms with Crippen molar-refractivity contribution >= 4 is 5.97 Å². The summed E-state index contributed by atoms with van der Waals surface area (Å²) >= 11 is 0. The van der Waals surface area contributed by atoms with E-state index in [0.717, 1.165) is 18.4 Å². The summed E-state index contributed by atoms with van der Waals surface area (Å²) in [5.41, 5.74) is 3.48. The number of rotatable bonds is 5. The van der Waals surface area contributed by atoms with E-state index in [-0.39, 0.29) is 5.97 Å². The van der Waals surface area contributed by atoms with Crippen LogP contribution in [0.5, 0.6) is 0 Å². The van der Waals surface area contributed by atoms with Crippen LogP contribution < -0.4 is 0 Å². The molecule has 0 fully saturated rings. The quantitative estimate of drug-likeness (QED) is 0.562. The summed E-state index contributed by atoms with van der Waals surface area (Å²) in [6, 6.07) is 6.03. The van der Waals surface area contributed by atoms with Crippen molar-refractivity contribution in [2.24, 2.45) is 0 Å². The average molecular weight is 220 g/mol. The third-order valence-electron chi connectivity index (χ3n) is 2.81. The molecule has 88 valence electrons. The van der Waals surface area contributed by atoms with Crippen molar-refractivity contribution in [1.82, 2.24) is 0 Å². The SMILES string of the molecule is CCCCOC(=O)Cc1cccc(C)c1C. The molecule has 0 amide bonds. The summed E-state index contributed by atoms with van der Waals surface area (Å²) < 4.78 is 5.14. The fourth-order valence-corrected chi connectivity index (χ4v) is 1.54. The molecule has 1 aromatic carbocycles.